The van der Waals surface area contributed by atoms with Crippen LogP contribution in [0.3, 0.4) is 0 Å². The Labute approximate surface area is 147 Å². The Morgan fingerprint density at radius 3 is 2.08 bits per heavy atom. The highest BCUT2D eigenvalue weighted by molar-refractivity contribution is 7.90. The van der Waals surface area contributed by atoms with Crippen LogP contribution in [0, 0.1) is 0 Å². The zero-order valence-corrected chi connectivity index (χ0v) is 15.7. The molecule has 0 aromatic heterocycles. The molecule has 0 radical (unpaired) electrons. The van der Waals surface area contributed by atoms with E-state index in [2.05, 4.69) is 4.72 Å². The molecule has 0 unspecified atom stereocenters. The van der Waals surface area contributed by atoms with Crippen molar-refractivity contribution in [3.8, 4) is 0 Å². The van der Waals surface area contributed by atoms with Gasteiger partial charge in [0.1, 0.15) is 0 Å². The molecule has 0 aliphatic rings. The van der Waals surface area contributed by atoms with Gasteiger partial charge in [-0.05, 0) is 43.7 Å². The van der Waals surface area contributed by atoms with Crippen LogP contribution in [0.1, 0.15) is 35.8 Å². The summed E-state index contributed by atoms with van der Waals surface area (Å²) >= 11 is 0. The zero-order valence-electron chi connectivity index (χ0n) is 14.1. The molecule has 25 heavy (non-hydrogen) atoms. The van der Waals surface area contributed by atoms with Gasteiger partial charge in [-0.3, -0.25) is 4.79 Å². The van der Waals surface area contributed by atoms with Crippen molar-refractivity contribution in [2.24, 2.45) is 0 Å². The predicted octanol–water partition coefficient (Wildman–Crippen LogP) is 2.33. The van der Waals surface area contributed by atoms with E-state index in [1.165, 1.54) is 37.3 Å². The summed E-state index contributed by atoms with van der Waals surface area (Å²) < 4.78 is 50.5. The van der Waals surface area contributed by atoms with Crippen LogP contribution in [0.2, 0.25) is 0 Å². The summed E-state index contributed by atoms with van der Waals surface area (Å²) in [5.74, 6) is -0.221. The van der Waals surface area contributed by atoms with Crippen molar-refractivity contribution in [3.63, 3.8) is 0 Å². The fourth-order valence-corrected chi connectivity index (χ4v) is 4.16. The summed E-state index contributed by atoms with van der Waals surface area (Å²) in [4.78, 5) is 11.6. The first-order chi connectivity index (χ1) is 11.5. The average Bonchev–Trinajstić information content (AvgIpc) is 2.54. The molecule has 0 heterocycles. The number of rotatable bonds is 6. The molecular formula is C17H19NO5S2. The molecule has 6 nitrogen and oxygen atoms in total. The number of hydrogen-bond acceptors (Lipinski definition) is 5. The lowest BCUT2D eigenvalue weighted by Gasteiger charge is -2.15. The number of benzene rings is 2. The van der Waals surface area contributed by atoms with Gasteiger partial charge in [-0.25, -0.2) is 21.6 Å². The van der Waals surface area contributed by atoms with Crippen LogP contribution in [0.4, 0.5) is 0 Å². The van der Waals surface area contributed by atoms with Gasteiger partial charge in [-0.2, -0.15) is 0 Å². The molecule has 0 amide bonds. The molecule has 1 atom stereocenters. The van der Waals surface area contributed by atoms with Crippen LogP contribution >= 0.6 is 0 Å². The van der Waals surface area contributed by atoms with Crippen LogP contribution in [-0.2, 0) is 19.9 Å². The second kappa shape index (κ2) is 7.07. The summed E-state index contributed by atoms with van der Waals surface area (Å²) in [6, 6.07) is 11.2. The molecule has 1 N–H and O–H groups in total. The fourth-order valence-electron chi connectivity index (χ4n) is 2.25. The summed E-state index contributed by atoms with van der Waals surface area (Å²) in [5.41, 5.74) is 0.937. The van der Waals surface area contributed by atoms with E-state index in [-0.39, 0.29) is 15.6 Å². The third-order valence-corrected chi connectivity index (χ3v) is 6.36. The molecule has 0 saturated heterocycles. The van der Waals surface area contributed by atoms with Crippen molar-refractivity contribution in [1.29, 1.82) is 0 Å². The lowest BCUT2D eigenvalue weighted by Crippen LogP contribution is -2.27. The Bertz CT molecular complexity index is 994. The summed E-state index contributed by atoms with van der Waals surface area (Å²) in [6.07, 6.45) is 1.11. The Hall–Kier alpha value is -2.03. The van der Waals surface area contributed by atoms with Gasteiger partial charge < -0.3 is 0 Å². The summed E-state index contributed by atoms with van der Waals surface area (Å²) in [7, 11) is -7.13. The molecule has 0 aliphatic heterocycles. The monoisotopic (exact) mass is 381 g/mol. The number of ketones is 1. The second-order valence-electron chi connectivity index (χ2n) is 5.77. The maximum atomic E-state index is 12.5. The maximum Gasteiger partial charge on any atom is 0.241 e. The van der Waals surface area contributed by atoms with E-state index in [1.807, 2.05) is 0 Å². The molecule has 8 heteroatoms. The highest BCUT2D eigenvalue weighted by atomic mass is 32.2. The van der Waals surface area contributed by atoms with Crippen LogP contribution < -0.4 is 4.72 Å². The molecule has 2 aromatic rings. The first kappa shape index (κ1) is 19.3. The molecule has 0 aliphatic carbocycles. The molecule has 2 rings (SSSR count). The first-order valence-electron chi connectivity index (χ1n) is 7.44. The normalized spacial score (nSPS) is 13.4. The molecule has 0 fully saturated rings. The minimum atomic E-state index is -3.82. The minimum absolute atomic E-state index is 0.000180. The molecule has 2 aromatic carbocycles. The van der Waals surface area contributed by atoms with E-state index in [0.717, 1.165) is 6.26 Å². The first-order valence-corrected chi connectivity index (χ1v) is 10.8. The van der Waals surface area contributed by atoms with Gasteiger partial charge in [0, 0.05) is 17.9 Å². The zero-order chi connectivity index (χ0) is 18.8. The predicted molar refractivity (Wildman–Crippen MR) is 94.7 cm³/mol. The number of sulfone groups is 1. The van der Waals surface area contributed by atoms with Crippen LogP contribution in [0.5, 0.6) is 0 Å². The number of Topliss-reactive ketones (excluding diaryl/α,β-unsaturated/α-hetero) is 1. The van der Waals surface area contributed by atoms with E-state index in [9.17, 15) is 21.6 Å². The number of nitrogens with one attached hydrogen (secondary N) is 1. The molecular weight excluding hydrogens is 362 g/mol. The Balaban J connectivity index is 2.25. The lowest BCUT2D eigenvalue weighted by molar-refractivity contribution is 0.101. The summed E-state index contributed by atoms with van der Waals surface area (Å²) in [5, 5.41) is 0. The molecule has 0 saturated carbocycles. The van der Waals surface area contributed by atoms with Gasteiger partial charge >= 0.3 is 0 Å². The Kier molecular flexibility index (Phi) is 5.46. The molecule has 0 bridgehead atoms. The Morgan fingerprint density at radius 2 is 1.56 bits per heavy atom. The largest absolute Gasteiger partial charge is 0.295 e. The van der Waals surface area contributed by atoms with Crippen molar-refractivity contribution in [1.82, 2.24) is 4.72 Å². The van der Waals surface area contributed by atoms with Gasteiger partial charge in [0.05, 0.1) is 9.79 Å². The van der Waals surface area contributed by atoms with E-state index >= 15 is 0 Å². The SMILES string of the molecule is CC(=O)c1cccc(S(=O)(=O)N[C@@H](C)c2ccc(S(C)(=O)=O)cc2)c1. The fraction of sp³-hybridized carbons (Fsp3) is 0.235. The third kappa shape index (κ3) is 4.75. The highest BCUT2D eigenvalue weighted by Gasteiger charge is 2.19. The number of carbonyl (C=O) groups excluding carboxylic acids is 1. The quantitative estimate of drug-likeness (QED) is 0.775. The Morgan fingerprint density at radius 1 is 0.960 bits per heavy atom. The number of carbonyl (C=O) groups is 1. The smallest absolute Gasteiger partial charge is 0.241 e. The van der Waals surface area contributed by atoms with Crippen molar-refractivity contribution in [3.05, 3.63) is 59.7 Å². The number of hydrogen-bond donors (Lipinski definition) is 1. The van der Waals surface area contributed by atoms with Crippen LogP contribution in [0.25, 0.3) is 0 Å². The van der Waals surface area contributed by atoms with Crippen molar-refractivity contribution < 1.29 is 21.6 Å². The topological polar surface area (TPSA) is 97.4 Å². The van der Waals surface area contributed by atoms with E-state index in [1.54, 1.807) is 25.1 Å². The van der Waals surface area contributed by atoms with Gasteiger partial charge in [0.2, 0.25) is 10.0 Å². The van der Waals surface area contributed by atoms with Crippen LogP contribution in [0.15, 0.2) is 58.3 Å². The lowest BCUT2D eigenvalue weighted by atomic mass is 10.1. The number of sulfonamides is 1. The van der Waals surface area contributed by atoms with Crippen molar-refractivity contribution >= 4 is 25.6 Å². The standard InChI is InChI=1S/C17H19NO5S2/c1-12(14-7-9-16(10-8-14)24(3,20)21)18-25(22,23)17-6-4-5-15(11-17)13(2)19/h4-12,18H,1-3H3/t12-/m0/s1. The summed E-state index contributed by atoms with van der Waals surface area (Å²) in [6.45, 7) is 3.02. The van der Waals surface area contributed by atoms with E-state index < -0.39 is 25.9 Å². The van der Waals surface area contributed by atoms with Gasteiger partial charge in [0.15, 0.2) is 15.6 Å². The van der Waals surface area contributed by atoms with E-state index in [0.29, 0.717) is 11.1 Å². The molecule has 134 valence electrons. The van der Waals surface area contributed by atoms with Crippen LogP contribution in [-0.4, -0.2) is 28.9 Å². The van der Waals surface area contributed by atoms with Gasteiger partial charge in [0.25, 0.3) is 0 Å². The van der Waals surface area contributed by atoms with E-state index in [4.69, 9.17) is 0 Å². The third-order valence-electron chi connectivity index (χ3n) is 3.69. The second-order valence-corrected chi connectivity index (χ2v) is 9.50. The van der Waals surface area contributed by atoms with Crippen molar-refractivity contribution in [2.75, 3.05) is 6.26 Å². The van der Waals surface area contributed by atoms with Gasteiger partial charge in [-0.15, -0.1) is 0 Å². The average molecular weight is 381 g/mol. The van der Waals surface area contributed by atoms with Crippen molar-refractivity contribution in [2.45, 2.75) is 29.7 Å². The molecule has 0 spiro atoms. The van der Waals surface area contributed by atoms with Gasteiger partial charge in [-0.1, -0.05) is 24.3 Å². The minimum Gasteiger partial charge on any atom is -0.295 e. The highest BCUT2D eigenvalue weighted by Crippen LogP contribution is 2.20. The maximum absolute atomic E-state index is 12.5.